The van der Waals surface area contributed by atoms with Crippen LogP contribution >= 0.6 is 24.0 Å². The largest absolute Gasteiger partial charge is 0.494 e. The molecule has 1 atom stereocenters. The van der Waals surface area contributed by atoms with Gasteiger partial charge in [-0.1, -0.05) is 18.2 Å². The Bertz CT molecular complexity index is 715. The highest BCUT2D eigenvalue weighted by Gasteiger charge is 2.13. The summed E-state index contributed by atoms with van der Waals surface area (Å²) in [5, 5.41) is 11.3. The van der Waals surface area contributed by atoms with Gasteiger partial charge in [-0.2, -0.15) is 5.10 Å². The molecule has 1 heterocycles. The zero-order valence-corrected chi connectivity index (χ0v) is 19.3. The molecule has 0 amide bonds. The third-order valence-electron chi connectivity index (χ3n) is 4.40. The fourth-order valence-electron chi connectivity index (χ4n) is 2.88. The molecule has 0 aliphatic carbocycles. The average molecular weight is 485 g/mol. The molecular weight excluding hydrogens is 453 g/mol. The molecule has 2 rings (SSSR count). The van der Waals surface area contributed by atoms with Crippen LogP contribution < -0.4 is 15.4 Å². The highest BCUT2D eigenvalue weighted by molar-refractivity contribution is 14.0. The van der Waals surface area contributed by atoms with Crippen LogP contribution in [0.15, 0.2) is 35.3 Å². The predicted octanol–water partition coefficient (Wildman–Crippen LogP) is 3.22. The SMILES string of the molecule is CN=C(NCCCOc1ccccc1)NC(C)Cc1c(C)nn(C)c1C.I. The summed E-state index contributed by atoms with van der Waals surface area (Å²) in [6, 6.07) is 10.2. The minimum absolute atomic E-state index is 0. The molecule has 0 saturated carbocycles. The Labute approximate surface area is 179 Å². The summed E-state index contributed by atoms with van der Waals surface area (Å²) < 4.78 is 7.64. The molecule has 2 N–H and O–H groups in total. The Hall–Kier alpha value is -1.77. The fraction of sp³-hybridized carbons (Fsp3) is 0.500. The number of hydrogen-bond donors (Lipinski definition) is 2. The maximum absolute atomic E-state index is 5.70. The molecule has 2 aromatic rings. The highest BCUT2D eigenvalue weighted by Crippen LogP contribution is 2.14. The van der Waals surface area contributed by atoms with E-state index in [1.807, 2.05) is 42.1 Å². The zero-order valence-electron chi connectivity index (χ0n) is 17.0. The van der Waals surface area contributed by atoms with Crippen LogP contribution in [0.25, 0.3) is 0 Å². The molecule has 6 nitrogen and oxygen atoms in total. The molecular formula is C20H32IN5O. The van der Waals surface area contributed by atoms with Gasteiger partial charge < -0.3 is 15.4 Å². The highest BCUT2D eigenvalue weighted by atomic mass is 127. The summed E-state index contributed by atoms with van der Waals surface area (Å²) >= 11 is 0. The summed E-state index contributed by atoms with van der Waals surface area (Å²) in [4.78, 5) is 4.31. The van der Waals surface area contributed by atoms with Gasteiger partial charge in [0.25, 0.3) is 0 Å². The van der Waals surface area contributed by atoms with Crippen molar-refractivity contribution >= 4 is 29.9 Å². The quantitative estimate of drug-likeness (QED) is 0.261. The number of hydrogen-bond acceptors (Lipinski definition) is 3. The monoisotopic (exact) mass is 485 g/mol. The van der Waals surface area contributed by atoms with E-state index >= 15 is 0 Å². The van der Waals surface area contributed by atoms with Gasteiger partial charge in [-0.3, -0.25) is 9.67 Å². The van der Waals surface area contributed by atoms with Gasteiger partial charge in [-0.25, -0.2) is 0 Å². The number of nitrogens with one attached hydrogen (secondary N) is 2. The average Bonchev–Trinajstić information content (AvgIpc) is 2.87. The van der Waals surface area contributed by atoms with E-state index in [1.54, 1.807) is 7.05 Å². The number of ether oxygens (including phenoxy) is 1. The molecule has 7 heteroatoms. The molecule has 0 fully saturated rings. The van der Waals surface area contributed by atoms with E-state index in [9.17, 15) is 0 Å². The van der Waals surface area contributed by atoms with Crippen molar-refractivity contribution in [2.24, 2.45) is 12.0 Å². The second-order valence-corrected chi connectivity index (χ2v) is 6.54. The molecule has 27 heavy (non-hydrogen) atoms. The standard InChI is InChI=1S/C20H31N5O.HI/c1-15(14-19-16(2)24-25(5)17(19)3)23-20(21-4)22-12-9-13-26-18-10-7-6-8-11-18;/h6-8,10-11,15H,9,12-14H2,1-5H3,(H2,21,22,23);1H. The van der Waals surface area contributed by atoms with Gasteiger partial charge in [0, 0.05) is 32.4 Å². The molecule has 1 unspecified atom stereocenters. The molecule has 1 aromatic carbocycles. The molecule has 0 aliphatic heterocycles. The summed E-state index contributed by atoms with van der Waals surface area (Å²) in [5.74, 6) is 1.72. The van der Waals surface area contributed by atoms with Gasteiger partial charge in [0.05, 0.1) is 12.3 Å². The summed E-state index contributed by atoms with van der Waals surface area (Å²) in [6.45, 7) is 7.83. The maximum Gasteiger partial charge on any atom is 0.191 e. The maximum atomic E-state index is 5.70. The van der Waals surface area contributed by atoms with Crippen molar-refractivity contribution in [3.05, 3.63) is 47.3 Å². The number of nitrogens with zero attached hydrogens (tertiary/aromatic N) is 3. The first-order chi connectivity index (χ1) is 12.5. The summed E-state index contributed by atoms with van der Waals surface area (Å²) in [6.07, 6.45) is 1.83. The van der Waals surface area contributed by atoms with Gasteiger partial charge in [-0.05, 0) is 51.3 Å². The van der Waals surface area contributed by atoms with E-state index < -0.39 is 0 Å². The van der Waals surface area contributed by atoms with E-state index in [0.29, 0.717) is 6.61 Å². The summed E-state index contributed by atoms with van der Waals surface area (Å²) in [7, 11) is 3.78. The molecule has 0 saturated heterocycles. The topological polar surface area (TPSA) is 63.5 Å². The number of guanidine groups is 1. The molecule has 1 aromatic heterocycles. The number of aromatic nitrogens is 2. The Morgan fingerprint density at radius 3 is 2.56 bits per heavy atom. The van der Waals surface area contributed by atoms with Crippen molar-refractivity contribution < 1.29 is 4.74 Å². The molecule has 0 radical (unpaired) electrons. The second kappa shape index (κ2) is 11.8. The van der Waals surface area contributed by atoms with Crippen LogP contribution in [0.2, 0.25) is 0 Å². The number of halogens is 1. The van der Waals surface area contributed by atoms with Crippen LogP contribution in [0.4, 0.5) is 0 Å². The van der Waals surface area contributed by atoms with Crippen molar-refractivity contribution in [1.29, 1.82) is 0 Å². The van der Waals surface area contributed by atoms with E-state index in [-0.39, 0.29) is 30.0 Å². The van der Waals surface area contributed by atoms with Gasteiger partial charge in [0.15, 0.2) is 5.96 Å². The van der Waals surface area contributed by atoms with Gasteiger partial charge in [0.2, 0.25) is 0 Å². The van der Waals surface area contributed by atoms with Crippen LogP contribution in [0, 0.1) is 13.8 Å². The number of aliphatic imine (C=N–C) groups is 1. The lowest BCUT2D eigenvalue weighted by molar-refractivity contribution is 0.311. The van der Waals surface area contributed by atoms with Gasteiger partial charge in [-0.15, -0.1) is 24.0 Å². The van der Waals surface area contributed by atoms with E-state index in [0.717, 1.165) is 36.8 Å². The van der Waals surface area contributed by atoms with Crippen molar-refractivity contribution in [1.82, 2.24) is 20.4 Å². The van der Waals surface area contributed by atoms with Crippen molar-refractivity contribution in [3.8, 4) is 5.75 Å². The lowest BCUT2D eigenvalue weighted by Gasteiger charge is -2.18. The minimum Gasteiger partial charge on any atom is -0.494 e. The third-order valence-corrected chi connectivity index (χ3v) is 4.40. The molecule has 0 bridgehead atoms. The first kappa shape index (κ1) is 23.3. The molecule has 0 spiro atoms. The lowest BCUT2D eigenvalue weighted by atomic mass is 10.1. The lowest BCUT2D eigenvalue weighted by Crippen LogP contribution is -2.43. The first-order valence-corrected chi connectivity index (χ1v) is 9.15. The third kappa shape index (κ3) is 7.40. The smallest absolute Gasteiger partial charge is 0.191 e. The second-order valence-electron chi connectivity index (χ2n) is 6.54. The summed E-state index contributed by atoms with van der Waals surface area (Å²) in [5.41, 5.74) is 3.62. The van der Waals surface area contributed by atoms with Crippen molar-refractivity contribution in [2.75, 3.05) is 20.2 Å². The Morgan fingerprint density at radius 1 is 1.26 bits per heavy atom. The van der Waals surface area contributed by atoms with Crippen molar-refractivity contribution in [3.63, 3.8) is 0 Å². The number of benzene rings is 1. The Morgan fingerprint density at radius 2 is 1.96 bits per heavy atom. The van der Waals surface area contributed by atoms with Crippen LogP contribution in [0.3, 0.4) is 0 Å². The normalized spacial score (nSPS) is 12.3. The van der Waals surface area contributed by atoms with Crippen LogP contribution in [-0.2, 0) is 13.5 Å². The van der Waals surface area contributed by atoms with Crippen LogP contribution in [-0.4, -0.2) is 42.0 Å². The van der Waals surface area contributed by atoms with Crippen LogP contribution in [0.1, 0.15) is 30.3 Å². The van der Waals surface area contributed by atoms with Gasteiger partial charge in [0.1, 0.15) is 5.75 Å². The molecule has 0 aliphatic rings. The fourth-order valence-corrected chi connectivity index (χ4v) is 2.88. The number of aryl methyl sites for hydroxylation is 2. The minimum atomic E-state index is 0. The Balaban J connectivity index is 0.00000364. The van der Waals surface area contributed by atoms with Crippen LogP contribution in [0.5, 0.6) is 5.75 Å². The van der Waals surface area contributed by atoms with E-state index in [1.165, 1.54) is 11.3 Å². The van der Waals surface area contributed by atoms with E-state index in [2.05, 4.69) is 41.5 Å². The number of para-hydroxylation sites is 1. The van der Waals surface area contributed by atoms with Crippen molar-refractivity contribution in [2.45, 2.75) is 39.7 Å². The van der Waals surface area contributed by atoms with Gasteiger partial charge >= 0.3 is 0 Å². The van der Waals surface area contributed by atoms with E-state index in [4.69, 9.17) is 4.74 Å². The first-order valence-electron chi connectivity index (χ1n) is 9.15. The predicted molar refractivity (Wildman–Crippen MR) is 122 cm³/mol. The zero-order chi connectivity index (χ0) is 18.9. The molecule has 150 valence electrons. The Kier molecular flexibility index (Phi) is 10.2. The number of rotatable bonds is 8.